The van der Waals surface area contributed by atoms with Gasteiger partial charge in [0.15, 0.2) is 0 Å². The Labute approximate surface area is 107 Å². The van der Waals surface area contributed by atoms with Crippen molar-refractivity contribution in [2.45, 2.75) is 32.1 Å². The molecule has 1 N–H and O–H groups in total. The zero-order valence-electron chi connectivity index (χ0n) is 10.8. The molecule has 1 saturated heterocycles. The normalized spacial score (nSPS) is 24.6. The van der Waals surface area contributed by atoms with Gasteiger partial charge in [0.25, 0.3) is 0 Å². The minimum absolute atomic E-state index is 0.618. The summed E-state index contributed by atoms with van der Waals surface area (Å²) in [6.45, 7) is 6.08. The molecular weight excluding hydrogens is 226 g/mol. The number of rotatable bonds is 1. The van der Waals surface area contributed by atoms with E-state index >= 15 is 0 Å². The second-order valence-electron chi connectivity index (χ2n) is 5.54. The van der Waals surface area contributed by atoms with Crippen LogP contribution in [0.1, 0.15) is 34.6 Å². The number of nitrogens with one attached hydrogen (secondary N) is 1. The molecule has 0 aromatic heterocycles. The molecule has 0 bridgehead atoms. The van der Waals surface area contributed by atoms with E-state index in [4.69, 9.17) is 9.47 Å². The van der Waals surface area contributed by atoms with Crippen LogP contribution in [-0.4, -0.2) is 26.3 Å². The van der Waals surface area contributed by atoms with Crippen molar-refractivity contribution >= 4 is 0 Å². The van der Waals surface area contributed by atoms with Gasteiger partial charge in [0, 0.05) is 42.0 Å². The van der Waals surface area contributed by atoms with Gasteiger partial charge in [-0.2, -0.15) is 0 Å². The number of hydrogen-bond donors (Lipinski definition) is 1. The quantitative estimate of drug-likeness (QED) is 0.820. The van der Waals surface area contributed by atoms with Crippen LogP contribution in [0.4, 0.5) is 0 Å². The molecule has 0 aliphatic carbocycles. The zero-order valence-corrected chi connectivity index (χ0v) is 10.8. The van der Waals surface area contributed by atoms with Crippen molar-refractivity contribution in [3.05, 3.63) is 22.3 Å². The highest BCUT2D eigenvalue weighted by Gasteiger charge is 2.33. The Morgan fingerprint density at radius 1 is 1.06 bits per heavy atom. The summed E-state index contributed by atoms with van der Waals surface area (Å²) in [5, 5.41) is 3.47. The van der Waals surface area contributed by atoms with E-state index in [-0.39, 0.29) is 0 Å². The maximum atomic E-state index is 5.96. The molecule has 1 atom stereocenters. The van der Waals surface area contributed by atoms with Crippen molar-refractivity contribution in [2.75, 3.05) is 26.3 Å². The largest absolute Gasteiger partial charge is 0.493 e. The third-order valence-corrected chi connectivity index (χ3v) is 4.58. The van der Waals surface area contributed by atoms with Gasteiger partial charge in [0.05, 0.1) is 13.2 Å². The molecule has 18 heavy (non-hydrogen) atoms. The summed E-state index contributed by atoms with van der Waals surface area (Å²) in [7, 11) is 0. The first-order valence-electron chi connectivity index (χ1n) is 7.00. The lowest BCUT2D eigenvalue weighted by Crippen LogP contribution is -2.10. The van der Waals surface area contributed by atoms with Gasteiger partial charge in [-0.1, -0.05) is 0 Å². The van der Waals surface area contributed by atoms with Crippen LogP contribution in [0.3, 0.4) is 0 Å². The number of benzene rings is 1. The van der Waals surface area contributed by atoms with E-state index in [1.165, 1.54) is 40.2 Å². The summed E-state index contributed by atoms with van der Waals surface area (Å²) < 4.78 is 11.8. The van der Waals surface area contributed by atoms with E-state index < -0.39 is 0 Å². The van der Waals surface area contributed by atoms with Crippen molar-refractivity contribution in [3.63, 3.8) is 0 Å². The summed E-state index contributed by atoms with van der Waals surface area (Å²) in [5.41, 5.74) is 5.62. The molecule has 1 fully saturated rings. The topological polar surface area (TPSA) is 30.5 Å². The van der Waals surface area contributed by atoms with E-state index in [1.807, 2.05) is 0 Å². The van der Waals surface area contributed by atoms with Gasteiger partial charge < -0.3 is 14.8 Å². The van der Waals surface area contributed by atoms with Crippen LogP contribution >= 0.6 is 0 Å². The third kappa shape index (κ3) is 1.34. The molecule has 4 rings (SSSR count). The molecule has 1 unspecified atom stereocenters. The van der Waals surface area contributed by atoms with E-state index in [1.54, 1.807) is 0 Å². The van der Waals surface area contributed by atoms with Gasteiger partial charge in [-0.05, 0) is 25.5 Å². The van der Waals surface area contributed by atoms with Crippen LogP contribution in [0.5, 0.6) is 11.5 Å². The van der Waals surface area contributed by atoms with Gasteiger partial charge >= 0.3 is 0 Å². The van der Waals surface area contributed by atoms with E-state index in [0.717, 1.165) is 39.1 Å². The Morgan fingerprint density at radius 3 is 2.61 bits per heavy atom. The molecule has 0 radical (unpaired) electrons. The van der Waals surface area contributed by atoms with Gasteiger partial charge in [-0.15, -0.1) is 0 Å². The monoisotopic (exact) mass is 245 g/mol. The highest BCUT2D eigenvalue weighted by atomic mass is 16.5. The van der Waals surface area contributed by atoms with Crippen LogP contribution in [-0.2, 0) is 12.8 Å². The van der Waals surface area contributed by atoms with Crippen molar-refractivity contribution < 1.29 is 9.47 Å². The van der Waals surface area contributed by atoms with E-state index in [2.05, 4.69) is 12.2 Å². The molecule has 96 valence electrons. The molecule has 3 heteroatoms. The Hall–Kier alpha value is -1.22. The Bertz CT molecular complexity index is 469. The first kappa shape index (κ1) is 10.7. The summed E-state index contributed by atoms with van der Waals surface area (Å²) in [5.74, 6) is 2.99. The molecule has 1 aromatic rings. The average Bonchev–Trinajstić information content (AvgIpc) is 3.11. The lowest BCUT2D eigenvalue weighted by molar-refractivity contribution is 0.351. The molecule has 3 aliphatic rings. The molecule has 3 heterocycles. The lowest BCUT2D eigenvalue weighted by atomic mass is 9.87. The van der Waals surface area contributed by atoms with Crippen LogP contribution in [0, 0.1) is 6.92 Å². The van der Waals surface area contributed by atoms with Gasteiger partial charge in [0.2, 0.25) is 0 Å². The minimum atomic E-state index is 0.618. The molecule has 0 saturated carbocycles. The van der Waals surface area contributed by atoms with E-state index in [0.29, 0.717) is 5.92 Å². The maximum absolute atomic E-state index is 5.96. The van der Waals surface area contributed by atoms with Crippen molar-refractivity contribution in [1.29, 1.82) is 0 Å². The SMILES string of the molecule is Cc1c2c(c(C3CCNC3)c3c1OCC3)OCC2. The van der Waals surface area contributed by atoms with Gasteiger partial charge in [-0.3, -0.25) is 0 Å². The van der Waals surface area contributed by atoms with Crippen LogP contribution in [0.2, 0.25) is 0 Å². The average molecular weight is 245 g/mol. The zero-order chi connectivity index (χ0) is 12.1. The summed E-state index contributed by atoms with van der Waals surface area (Å²) >= 11 is 0. The highest BCUT2D eigenvalue weighted by Crippen LogP contribution is 2.47. The first-order valence-corrected chi connectivity index (χ1v) is 7.00. The summed E-state index contributed by atoms with van der Waals surface area (Å²) in [6, 6.07) is 0. The predicted molar refractivity (Wildman–Crippen MR) is 69.8 cm³/mol. The molecule has 1 aromatic carbocycles. The Morgan fingerprint density at radius 2 is 1.83 bits per heavy atom. The van der Waals surface area contributed by atoms with Gasteiger partial charge in [-0.25, -0.2) is 0 Å². The Kier molecular flexibility index (Phi) is 2.31. The molecular formula is C15H19NO2. The van der Waals surface area contributed by atoms with Crippen molar-refractivity contribution in [3.8, 4) is 11.5 Å². The standard InChI is InChI=1S/C15H19NO2/c1-9-11-3-6-18-15(11)13(10-2-5-16-8-10)12-4-7-17-14(9)12/h10,16H,2-8H2,1H3. The maximum Gasteiger partial charge on any atom is 0.126 e. The van der Waals surface area contributed by atoms with Crippen molar-refractivity contribution in [1.82, 2.24) is 5.32 Å². The fourth-order valence-corrected chi connectivity index (χ4v) is 3.71. The number of ether oxygens (including phenoxy) is 2. The summed E-state index contributed by atoms with van der Waals surface area (Å²) in [6.07, 6.45) is 3.33. The molecule has 3 aliphatic heterocycles. The second-order valence-corrected chi connectivity index (χ2v) is 5.54. The van der Waals surface area contributed by atoms with Crippen LogP contribution < -0.4 is 14.8 Å². The molecule has 0 amide bonds. The fraction of sp³-hybridized carbons (Fsp3) is 0.600. The third-order valence-electron chi connectivity index (χ3n) is 4.58. The van der Waals surface area contributed by atoms with Gasteiger partial charge in [0.1, 0.15) is 11.5 Å². The fourth-order valence-electron chi connectivity index (χ4n) is 3.71. The predicted octanol–water partition coefficient (Wildman–Crippen LogP) is 1.94. The lowest BCUT2D eigenvalue weighted by Gasteiger charge is -2.19. The molecule has 0 spiro atoms. The van der Waals surface area contributed by atoms with Crippen LogP contribution in [0.25, 0.3) is 0 Å². The molecule has 3 nitrogen and oxygen atoms in total. The first-order chi connectivity index (χ1) is 8.86. The highest BCUT2D eigenvalue weighted by molar-refractivity contribution is 5.62. The van der Waals surface area contributed by atoms with Crippen molar-refractivity contribution in [2.24, 2.45) is 0 Å². The number of fused-ring (bicyclic) bond motifs is 2. The van der Waals surface area contributed by atoms with E-state index in [9.17, 15) is 0 Å². The smallest absolute Gasteiger partial charge is 0.126 e. The number of hydrogen-bond acceptors (Lipinski definition) is 3. The Balaban J connectivity index is 1.95. The second kappa shape index (κ2) is 3.89. The summed E-state index contributed by atoms with van der Waals surface area (Å²) in [4.78, 5) is 0. The van der Waals surface area contributed by atoms with Crippen LogP contribution in [0.15, 0.2) is 0 Å². The minimum Gasteiger partial charge on any atom is -0.493 e.